The van der Waals surface area contributed by atoms with Crippen molar-refractivity contribution in [3.8, 4) is 22.4 Å². The van der Waals surface area contributed by atoms with Gasteiger partial charge in [0.05, 0.1) is 30.6 Å². The molecule has 1 heterocycles. The molecule has 4 nitrogen and oxygen atoms in total. The summed E-state index contributed by atoms with van der Waals surface area (Å²) < 4.78 is 0. The Balaban J connectivity index is 2.40. The molecule has 0 N–H and O–H groups in total. The summed E-state index contributed by atoms with van der Waals surface area (Å²) in [5, 5.41) is 12.9. The number of rotatable bonds is 3. The van der Waals surface area contributed by atoms with Gasteiger partial charge in [0.15, 0.2) is 5.69 Å². The molecular weight excluding hydrogens is 406 g/mol. The van der Waals surface area contributed by atoms with E-state index in [1.54, 1.807) is 36.4 Å². The first kappa shape index (κ1) is 18.0. The quantitative estimate of drug-likeness (QED) is 0.345. The van der Waals surface area contributed by atoms with Crippen LogP contribution in [0.5, 0.6) is 0 Å². The summed E-state index contributed by atoms with van der Waals surface area (Å²) >= 11 is 24.8. The SMILES string of the molecule is O=[N+]([O-])c1c(-c2c(Cl)cccc2Cl)ccnc1-c1c(Cl)cccc1Cl. The lowest BCUT2D eigenvalue weighted by atomic mass is 10.0. The minimum atomic E-state index is -0.545. The van der Waals surface area contributed by atoms with Crippen molar-refractivity contribution >= 4 is 52.1 Å². The molecule has 1 aromatic heterocycles. The van der Waals surface area contributed by atoms with Crippen molar-refractivity contribution in [2.75, 3.05) is 0 Å². The third-order valence-electron chi connectivity index (χ3n) is 3.54. The van der Waals surface area contributed by atoms with Crippen molar-refractivity contribution < 1.29 is 4.92 Å². The second-order valence-electron chi connectivity index (χ2n) is 5.01. The third-order valence-corrected chi connectivity index (χ3v) is 4.80. The van der Waals surface area contributed by atoms with Crippen LogP contribution in [0.4, 0.5) is 5.69 Å². The maximum absolute atomic E-state index is 11.8. The van der Waals surface area contributed by atoms with Crippen LogP contribution in [-0.2, 0) is 0 Å². The molecule has 0 saturated carbocycles. The Morgan fingerprint density at radius 3 is 1.76 bits per heavy atom. The molecule has 0 atom stereocenters. The number of pyridine rings is 1. The molecule has 0 amide bonds. The first-order valence-corrected chi connectivity index (χ1v) is 8.45. The Labute approximate surface area is 163 Å². The zero-order valence-corrected chi connectivity index (χ0v) is 15.4. The third kappa shape index (κ3) is 3.31. The van der Waals surface area contributed by atoms with Gasteiger partial charge in [0.1, 0.15) is 0 Å². The zero-order valence-electron chi connectivity index (χ0n) is 12.3. The zero-order chi connectivity index (χ0) is 18.1. The summed E-state index contributed by atoms with van der Waals surface area (Å²) in [7, 11) is 0. The summed E-state index contributed by atoms with van der Waals surface area (Å²) in [5.41, 5.74) is 0.648. The Morgan fingerprint density at radius 2 is 1.28 bits per heavy atom. The fourth-order valence-corrected chi connectivity index (χ4v) is 3.68. The van der Waals surface area contributed by atoms with E-state index in [1.165, 1.54) is 12.3 Å². The lowest BCUT2D eigenvalue weighted by molar-refractivity contribution is -0.383. The number of aromatic nitrogens is 1. The molecule has 25 heavy (non-hydrogen) atoms. The van der Waals surface area contributed by atoms with E-state index in [2.05, 4.69) is 4.98 Å². The molecule has 0 saturated heterocycles. The van der Waals surface area contributed by atoms with Gasteiger partial charge in [-0.3, -0.25) is 10.1 Å². The van der Waals surface area contributed by atoms with Gasteiger partial charge in [0, 0.05) is 17.3 Å². The molecule has 0 aliphatic rings. The van der Waals surface area contributed by atoms with Crippen LogP contribution in [-0.4, -0.2) is 9.91 Å². The van der Waals surface area contributed by atoms with Crippen LogP contribution in [0.15, 0.2) is 48.7 Å². The minimum Gasteiger partial charge on any atom is -0.258 e. The molecule has 0 unspecified atom stereocenters. The van der Waals surface area contributed by atoms with E-state index in [4.69, 9.17) is 46.4 Å². The molecule has 0 spiro atoms. The summed E-state index contributed by atoms with van der Waals surface area (Å²) in [6.07, 6.45) is 1.43. The molecule has 2 aromatic carbocycles. The number of benzene rings is 2. The average molecular weight is 414 g/mol. The van der Waals surface area contributed by atoms with Crippen LogP contribution < -0.4 is 0 Å². The van der Waals surface area contributed by atoms with Crippen molar-refractivity contribution in [2.24, 2.45) is 0 Å². The maximum atomic E-state index is 11.8. The van der Waals surface area contributed by atoms with E-state index < -0.39 is 4.92 Å². The normalized spacial score (nSPS) is 10.7. The Bertz CT molecular complexity index is 882. The van der Waals surface area contributed by atoms with E-state index in [1.807, 2.05) is 0 Å². The molecule has 0 fully saturated rings. The lowest BCUT2D eigenvalue weighted by Crippen LogP contribution is -1.99. The molecule has 8 heteroatoms. The molecule has 126 valence electrons. The Kier molecular flexibility index (Phi) is 5.16. The predicted octanol–water partition coefficient (Wildman–Crippen LogP) is 6.94. The number of nitrogens with zero attached hydrogens (tertiary/aromatic N) is 2. The van der Waals surface area contributed by atoms with Crippen molar-refractivity contribution in [1.29, 1.82) is 0 Å². The van der Waals surface area contributed by atoms with E-state index in [0.717, 1.165) is 0 Å². The highest BCUT2D eigenvalue weighted by atomic mass is 35.5. The standard InChI is InChI=1S/C17H8Cl4N2O2/c18-10-3-1-4-11(19)14(10)9-7-8-22-16(17(9)23(24)25)15-12(20)5-2-6-13(15)21/h1-8H. The summed E-state index contributed by atoms with van der Waals surface area (Å²) in [4.78, 5) is 15.4. The summed E-state index contributed by atoms with van der Waals surface area (Å²) in [5.74, 6) is 0. The smallest absolute Gasteiger partial charge is 0.258 e. The van der Waals surface area contributed by atoms with Crippen LogP contribution >= 0.6 is 46.4 Å². The lowest BCUT2D eigenvalue weighted by Gasteiger charge is -2.12. The number of halogens is 4. The van der Waals surface area contributed by atoms with Gasteiger partial charge in [-0.1, -0.05) is 58.5 Å². The predicted molar refractivity (Wildman–Crippen MR) is 102 cm³/mol. The van der Waals surface area contributed by atoms with E-state index >= 15 is 0 Å². The van der Waals surface area contributed by atoms with Crippen LogP contribution in [0.1, 0.15) is 0 Å². The molecule has 0 aliphatic carbocycles. The summed E-state index contributed by atoms with van der Waals surface area (Å²) in [6, 6.07) is 11.2. The molecule has 0 bridgehead atoms. The van der Waals surface area contributed by atoms with Crippen LogP contribution in [0, 0.1) is 10.1 Å². The van der Waals surface area contributed by atoms with Gasteiger partial charge in [-0.15, -0.1) is 0 Å². The van der Waals surface area contributed by atoms with Crippen LogP contribution in [0.3, 0.4) is 0 Å². The maximum Gasteiger partial charge on any atom is 0.303 e. The highest BCUT2D eigenvalue weighted by Crippen LogP contribution is 2.45. The van der Waals surface area contributed by atoms with Crippen LogP contribution in [0.25, 0.3) is 22.4 Å². The minimum absolute atomic E-state index is 0.0501. The van der Waals surface area contributed by atoms with Crippen molar-refractivity contribution in [1.82, 2.24) is 4.98 Å². The summed E-state index contributed by atoms with van der Waals surface area (Å²) in [6.45, 7) is 0. The average Bonchev–Trinajstić information content (AvgIpc) is 2.54. The number of hydrogen-bond donors (Lipinski definition) is 0. The topological polar surface area (TPSA) is 56.0 Å². The van der Waals surface area contributed by atoms with Crippen molar-refractivity contribution in [3.63, 3.8) is 0 Å². The van der Waals surface area contributed by atoms with Crippen LogP contribution in [0.2, 0.25) is 20.1 Å². The van der Waals surface area contributed by atoms with E-state index in [-0.39, 0.29) is 42.6 Å². The van der Waals surface area contributed by atoms with Gasteiger partial charge >= 0.3 is 5.69 Å². The van der Waals surface area contributed by atoms with Gasteiger partial charge in [-0.2, -0.15) is 0 Å². The van der Waals surface area contributed by atoms with Gasteiger partial charge in [-0.05, 0) is 30.3 Å². The second-order valence-corrected chi connectivity index (χ2v) is 6.63. The van der Waals surface area contributed by atoms with E-state index in [0.29, 0.717) is 5.56 Å². The highest BCUT2D eigenvalue weighted by molar-refractivity contribution is 6.40. The largest absolute Gasteiger partial charge is 0.303 e. The molecule has 3 rings (SSSR count). The molecule has 0 radical (unpaired) electrons. The van der Waals surface area contributed by atoms with Gasteiger partial charge in [-0.25, -0.2) is 4.98 Å². The van der Waals surface area contributed by atoms with Gasteiger partial charge in [0.25, 0.3) is 0 Å². The number of nitro groups is 1. The molecule has 0 aliphatic heterocycles. The van der Waals surface area contributed by atoms with Crippen molar-refractivity contribution in [2.45, 2.75) is 0 Å². The van der Waals surface area contributed by atoms with E-state index in [9.17, 15) is 10.1 Å². The molecular formula is C17H8Cl4N2O2. The van der Waals surface area contributed by atoms with Crippen molar-refractivity contribution in [3.05, 3.63) is 78.9 Å². The first-order chi connectivity index (χ1) is 11.9. The Hall–Kier alpha value is -1.85. The fraction of sp³-hybridized carbons (Fsp3) is 0. The van der Waals surface area contributed by atoms with Gasteiger partial charge in [0.2, 0.25) is 0 Å². The fourth-order valence-electron chi connectivity index (χ4n) is 2.50. The first-order valence-electron chi connectivity index (χ1n) is 6.94. The van der Waals surface area contributed by atoms with Gasteiger partial charge < -0.3 is 0 Å². The number of hydrogen-bond acceptors (Lipinski definition) is 3. The second kappa shape index (κ2) is 7.18. The highest BCUT2D eigenvalue weighted by Gasteiger charge is 2.28. The molecule has 3 aromatic rings. The monoisotopic (exact) mass is 412 g/mol. The Morgan fingerprint density at radius 1 is 0.800 bits per heavy atom.